The SMILES string of the molecule is COc1cc(-c2cnc3[nH]c(C)c(-c4ccc5ncn(C)c5c4)c3c2)ccn1. The highest BCUT2D eigenvalue weighted by Crippen LogP contribution is 2.35. The molecule has 138 valence electrons. The molecule has 5 rings (SSSR count). The molecule has 28 heavy (non-hydrogen) atoms. The molecule has 1 aromatic carbocycles. The number of aryl methyl sites for hydroxylation is 2. The molecule has 6 heteroatoms. The second kappa shape index (κ2) is 6.20. The molecule has 0 saturated heterocycles. The van der Waals surface area contributed by atoms with Crippen LogP contribution in [-0.2, 0) is 7.05 Å². The third-order valence-electron chi connectivity index (χ3n) is 5.13. The predicted molar refractivity (Wildman–Crippen MR) is 110 cm³/mol. The minimum Gasteiger partial charge on any atom is -0.481 e. The van der Waals surface area contributed by atoms with Gasteiger partial charge in [0.25, 0.3) is 0 Å². The van der Waals surface area contributed by atoms with Crippen LogP contribution in [0.5, 0.6) is 5.88 Å². The van der Waals surface area contributed by atoms with Gasteiger partial charge in [-0.15, -0.1) is 0 Å². The van der Waals surface area contributed by atoms with Crippen LogP contribution in [-0.4, -0.2) is 31.6 Å². The van der Waals surface area contributed by atoms with Gasteiger partial charge in [0, 0.05) is 47.7 Å². The molecule has 0 bridgehead atoms. The molecule has 1 N–H and O–H groups in total. The van der Waals surface area contributed by atoms with E-state index in [1.165, 1.54) is 0 Å². The van der Waals surface area contributed by atoms with Crippen LogP contribution in [0.15, 0.2) is 55.1 Å². The lowest BCUT2D eigenvalue weighted by Crippen LogP contribution is -1.88. The van der Waals surface area contributed by atoms with E-state index in [4.69, 9.17) is 4.74 Å². The van der Waals surface area contributed by atoms with E-state index in [2.05, 4.69) is 51.1 Å². The summed E-state index contributed by atoms with van der Waals surface area (Å²) in [6.07, 6.45) is 5.46. The van der Waals surface area contributed by atoms with Crippen molar-refractivity contribution in [3.8, 4) is 28.1 Å². The topological polar surface area (TPSA) is 68.6 Å². The fourth-order valence-corrected chi connectivity index (χ4v) is 3.71. The Kier molecular flexibility index (Phi) is 3.65. The van der Waals surface area contributed by atoms with Crippen LogP contribution in [0, 0.1) is 6.92 Å². The van der Waals surface area contributed by atoms with Crippen molar-refractivity contribution in [1.29, 1.82) is 0 Å². The summed E-state index contributed by atoms with van der Waals surface area (Å²) in [6, 6.07) is 12.4. The number of H-pyrrole nitrogens is 1. The number of aromatic amines is 1. The van der Waals surface area contributed by atoms with Gasteiger partial charge in [-0.05, 0) is 42.3 Å². The first-order chi connectivity index (χ1) is 13.6. The average Bonchev–Trinajstić information content (AvgIpc) is 3.26. The molecule has 0 aliphatic carbocycles. The van der Waals surface area contributed by atoms with Crippen molar-refractivity contribution in [2.45, 2.75) is 6.92 Å². The number of rotatable bonds is 3. The van der Waals surface area contributed by atoms with Crippen LogP contribution in [0.2, 0.25) is 0 Å². The number of benzene rings is 1. The highest BCUT2D eigenvalue weighted by molar-refractivity contribution is 5.99. The van der Waals surface area contributed by atoms with E-state index in [1.807, 2.05) is 36.3 Å². The normalized spacial score (nSPS) is 11.4. The van der Waals surface area contributed by atoms with Crippen molar-refractivity contribution in [3.05, 3.63) is 60.8 Å². The Morgan fingerprint density at radius 1 is 0.964 bits per heavy atom. The van der Waals surface area contributed by atoms with E-state index in [9.17, 15) is 0 Å². The molecule has 5 aromatic rings. The summed E-state index contributed by atoms with van der Waals surface area (Å²) < 4.78 is 7.30. The molecular formula is C22H19N5O. The highest BCUT2D eigenvalue weighted by Gasteiger charge is 2.14. The van der Waals surface area contributed by atoms with Crippen LogP contribution >= 0.6 is 0 Å². The lowest BCUT2D eigenvalue weighted by Gasteiger charge is -2.06. The Hall–Kier alpha value is -3.67. The lowest BCUT2D eigenvalue weighted by atomic mass is 10.0. The summed E-state index contributed by atoms with van der Waals surface area (Å²) in [5.74, 6) is 0.588. The van der Waals surface area contributed by atoms with Gasteiger partial charge in [0.1, 0.15) is 5.65 Å². The first kappa shape index (κ1) is 16.5. The maximum absolute atomic E-state index is 5.26. The van der Waals surface area contributed by atoms with Crippen LogP contribution in [0.1, 0.15) is 5.69 Å². The van der Waals surface area contributed by atoms with Crippen molar-refractivity contribution in [2.75, 3.05) is 7.11 Å². The van der Waals surface area contributed by atoms with Crippen molar-refractivity contribution >= 4 is 22.1 Å². The fourth-order valence-electron chi connectivity index (χ4n) is 3.71. The zero-order chi connectivity index (χ0) is 19.3. The molecule has 6 nitrogen and oxygen atoms in total. The molecule has 0 radical (unpaired) electrons. The van der Waals surface area contributed by atoms with E-state index in [-0.39, 0.29) is 0 Å². The number of pyridine rings is 2. The van der Waals surface area contributed by atoms with E-state index >= 15 is 0 Å². The summed E-state index contributed by atoms with van der Waals surface area (Å²) in [5, 5.41) is 1.09. The average molecular weight is 369 g/mol. The number of nitrogens with one attached hydrogen (secondary N) is 1. The molecule has 0 unspecified atom stereocenters. The summed E-state index contributed by atoms with van der Waals surface area (Å²) in [5.41, 5.74) is 8.42. The first-order valence-corrected chi connectivity index (χ1v) is 9.04. The first-order valence-electron chi connectivity index (χ1n) is 9.04. The van der Waals surface area contributed by atoms with Crippen LogP contribution in [0.25, 0.3) is 44.3 Å². The third-order valence-corrected chi connectivity index (χ3v) is 5.13. The quantitative estimate of drug-likeness (QED) is 0.508. The molecule has 0 fully saturated rings. The minimum absolute atomic E-state index is 0.588. The summed E-state index contributed by atoms with van der Waals surface area (Å²) >= 11 is 0. The molecule has 0 spiro atoms. The number of imidazole rings is 1. The second-order valence-corrected chi connectivity index (χ2v) is 6.89. The Morgan fingerprint density at radius 3 is 2.71 bits per heavy atom. The van der Waals surface area contributed by atoms with Gasteiger partial charge in [0.15, 0.2) is 0 Å². The standard InChI is InChI=1S/C22H19N5O/c1-13-21(15-4-5-18-19(9-15)27(2)12-25-18)17-8-16(11-24-22(17)26-13)14-6-7-23-20(10-14)28-3/h4-12H,1-3H3,(H,24,26). The number of fused-ring (bicyclic) bond motifs is 2. The number of aromatic nitrogens is 5. The molecular weight excluding hydrogens is 350 g/mol. The number of ether oxygens (including phenoxy) is 1. The van der Waals surface area contributed by atoms with Gasteiger partial charge in [-0.2, -0.15) is 0 Å². The lowest BCUT2D eigenvalue weighted by molar-refractivity contribution is 0.398. The number of hydrogen-bond donors (Lipinski definition) is 1. The highest BCUT2D eigenvalue weighted by atomic mass is 16.5. The van der Waals surface area contributed by atoms with Crippen molar-refractivity contribution in [3.63, 3.8) is 0 Å². The zero-order valence-electron chi connectivity index (χ0n) is 15.9. The van der Waals surface area contributed by atoms with Gasteiger partial charge in [0.05, 0.1) is 24.5 Å². The van der Waals surface area contributed by atoms with E-state index in [1.54, 1.807) is 13.3 Å². The Labute approximate surface area is 161 Å². The number of hydrogen-bond acceptors (Lipinski definition) is 4. The Bertz CT molecular complexity index is 1330. The van der Waals surface area contributed by atoms with Crippen LogP contribution in [0.3, 0.4) is 0 Å². The summed E-state index contributed by atoms with van der Waals surface area (Å²) in [7, 11) is 3.63. The maximum Gasteiger partial charge on any atom is 0.213 e. The largest absolute Gasteiger partial charge is 0.481 e. The predicted octanol–water partition coefficient (Wildman–Crippen LogP) is 4.50. The molecule has 4 aromatic heterocycles. The fraction of sp³-hybridized carbons (Fsp3) is 0.136. The molecule has 4 heterocycles. The minimum atomic E-state index is 0.588. The molecule has 0 amide bonds. The van der Waals surface area contributed by atoms with Gasteiger partial charge in [-0.1, -0.05) is 6.07 Å². The number of nitrogens with zero attached hydrogens (tertiary/aromatic N) is 4. The van der Waals surface area contributed by atoms with Gasteiger partial charge < -0.3 is 14.3 Å². The van der Waals surface area contributed by atoms with Crippen LogP contribution < -0.4 is 4.74 Å². The van der Waals surface area contributed by atoms with Crippen molar-refractivity contribution < 1.29 is 4.74 Å². The molecule has 0 aliphatic heterocycles. The molecule has 0 saturated carbocycles. The van der Waals surface area contributed by atoms with Crippen molar-refractivity contribution in [2.24, 2.45) is 7.05 Å². The smallest absolute Gasteiger partial charge is 0.213 e. The Morgan fingerprint density at radius 2 is 1.86 bits per heavy atom. The van der Waals surface area contributed by atoms with E-state index in [0.29, 0.717) is 5.88 Å². The Balaban J connectivity index is 1.71. The monoisotopic (exact) mass is 369 g/mol. The van der Waals surface area contributed by atoms with E-state index in [0.717, 1.165) is 50.0 Å². The number of methoxy groups -OCH3 is 1. The van der Waals surface area contributed by atoms with Crippen LogP contribution in [0.4, 0.5) is 0 Å². The molecule has 0 atom stereocenters. The van der Waals surface area contributed by atoms with Crippen molar-refractivity contribution in [1.82, 2.24) is 24.5 Å². The van der Waals surface area contributed by atoms with E-state index < -0.39 is 0 Å². The van der Waals surface area contributed by atoms with Gasteiger partial charge in [0.2, 0.25) is 5.88 Å². The van der Waals surface area contributed by atoms with Gasteiger partial charge in [-0.3, -0.25) is 0 Å². The summed E-state index contributed by atoms with van der Waals surface area (Å²) in [4.78, 5) is 16.7. The maximum atomic E-state index is 5.26. The second-order valence-electron chi connectivity index (χ2n) is 6.89. The molecule has 0 aliphatic rings. The van der Waals surface area contributed by atoms with Gasteiger partial charge >= 0.3 is 0 Å². The van der Waals surface area contributed by atoms with Gasteiger partial charge in [-0.25, -0.2) is 15.0 Å². The zero-order valence-corrected chi connectivity index (χ0v) is 15.9. The third kappa shape index (κ3) is 2.53. The summed E-state index contributed by atoms with van der Waals surface area (Å²) in [6.45, 7) is 2.08.